The zero-order chi connectivity index (χ0) is 57.9. The molecule has 0 aromatic rings. The first-order valence-corrected chi connectivity index (χ1v) is 32.0. The molecule has 35 atom stereocenters. The molecule has 0 aliphatic carbocycles. The van der Waals surface area contributed by atoms with Gasteiger partial charge in [-0.1, -0.05) is 150 Å². The number of unbranched alkanes of at least 4 members (excludes halogenated alkanes) is 3. The Kier molecular flexibility index (Phi) is 24.8. The van der Waals surface area contributed by atoms with Crippen LogP contribution in [0.25, 0.3) is 0 Å². The fraction of sp³-hybridized carbons (Fsp3) is 1.00. The summed E-state index contributed by atoms with van der Waals surface area (Å²) in [7, 11) is 0. The van der Waals surface area contributed by atoms with E-state index in [0.29, 0.717) is 0 Å². The maximum Gasteiger partial charge on any atom is 0.161 e. The molecule has 21 rings (SSSR count). The van der Waals surface area contributed by atoms with Crippen molar-refractivity contribution in [2.75, 3.05) is 0 Å². The minimum absolute atomic E-state index is 0.0576. The summed E-state index contributed by atoms with van der Waals surface area (Å²) in [4.78, 5) is 0. The van der Waals surface area contributed by atoms with Crippen LogP contribution in [0.1, 0.15) is 199 Å². The Morgan fingerprint density at radius 1 is 0.179 bits per heavy atom. The van der Waals surface area contributed by atoms with Crippen LogP contribution in [0.2, 0.25) is 0 Å². The van der Waals surface area contributed by atoms with Crippen molar-refractivity contribution in [2.45, 2.75) is 328 Å². The molecule has 458 valence electrons. The summed E-state index contributed by atoms with van der Waals surface area (Å²) < 4.78 is 96.1. The number of hydrogen-bond acceptors (Lipinski definition) is 14. The zero-order valence-electron chi connectivity index (χ0n) is 53.8. The topological polar surface area (TPSA) is 129 Å². The third kappa shape index (κ3) is 14.4. The number of rotatable bonds is 3. The third-order valence-electron chi connectivity index (χ3n) is 21.1. The Morgan fingerprint density at radius 3 is 0.397 bits per heavy atom. The normalized spacial score (nSPS) is 54.3. The number of ether oxygens (including phenoxy) is 14. The number of hydrogen-bond donors (Lipinski definition) is 0. The second-order valence-corrected chi connectivity index (χ2v) is 26.4. The summed E-state index contributed by atoms with van der Waals surface area (Å²) in [6.45, 7) is 54.4. The molecule has 21 fully saturated rings. The van der Waals surface area contributed by atoms with E-state index in [0.717, 1.165) is 0 Å². The lowest BCUT2D eigenvalue weighted by Gasteiger charge is -2.51. The van der Waals surface area contributed by atoms with E-state index >= 15 is 0 Å². The van der Waals surface area contributed by atoms with Gasteiger partial charge in [0.2, 0.25) is 0 Å². The second-order valence-electron chi connectivity index (χ2n) is 26.4. The van der Waals surface area contributed by atoms with Crippen LogP contribution in [-0.2, 0) is 66.3 Å². The third-order valence-corrected chi connectivity index (χ3v) is 21.1. The molecule has 14 unspecified atom stereocenters. The van der Waals surface area contributed by atoms with Gasteiger partial charge in [-0.15, -0.1) is 0 Å². The highest BCUT2D eigenvalue weighted by Gasteiger charge is 2.54. The van der Waals surface area contributed by atoms with Gasteiger partial charge in [0.05, 0.1) is 85.5 Å². The van der Waals surface area contributed by atoms with Gasteiger partial charge in [0.15, 0.2) is 44.0 Å². The first kappa shape index (κ1) is 66.6. The summed E-state index contributed by atoms with van der Waals surface area (Å²) in [5.74, 6) is 1.37. The lowest BCUT2D eigenvalue weighted by molar-refractivity contribution is -0.364. The highest BCUT2D eigenvalue weighted by molar-refractivity contribution is 4.96. The molecule has 0 radical (unpaired) electrons. The van der Waals surface area contributed by atoms with Crippen LogP contribution in [0.5, 0.6) is 0 Å². The van der Waals surface area contributed by atoms with E-state index in [4.69, 9.17) is 66.3 Å². The van der Waals surface area contributed by atoms with E-state index in [2.05, 4.69) is 159 Å². The van der Waals surface area contributed by atoms with Crippen LogP contribution in [0.15, 0.2) is 0 Å². The molecular weight excluding hydrogens is 993 g/mol. The molecule has 14 heteroatoms. The van der Waals surface area contributed by atoms with Crippen molar-refractivity contribution in [2.24, 2.45) is 82.9 Å². The van der Waals surface area contributed by atoms with Crippen LogP contribution >= 0.6 is 0 Å². The quantitative estimate of drug-likeness (QED) is 0.249. The molecule has 0 aromatic heterocycles. The zero-order valence-corrected chi connectivity index (χ0v) is 53.8. The molecule has 21 saturated heterocycles. The molecular formula is C64H118O14. The lowest BCUT2D eigenvalue weighted by atomic mass is 9.81. The fourth-order valence-electron chi connectivity index (χ4n) is 14.0. The maximum atomic E-state index is 6.97. The maximum absolute atomic E-state index is 6.97. The van der Waals surface area contributed by atoms with Gasteiger partial charge in [-0.25, -0.2) is 0 Å². The van der Waals surface area contributed by atoms with Gasteiger partial charge in [0.25, 0.3) is 0 Å². The van der Waals surface area contributed by atoms with Crippen LogP contribution in [0, 0.1) is 82.9 Å². The Morgan fingerprint density at radius 2 is 0.295 bits per heavy atom. The van der Waals surface area contributed by atoms with E-state index in [1.54, 1.807) is 0 Å². The largest absolute Gasteiger partial charge is 0.347 e. The summed E-state index contributed by atoms with van der Waals surface area (Å²) in [6, 6.07) is 0. The standard InChI is InChI=1S/C56H98O14.C6H14.C2H6/c1-22-29(8)50-57-36(15)43(22)64-51-30(9)23(2)45(38(17)58-51)66-53-32(11)25(4)47(40(19)60-53)68-55-34(13)27(6)49(42(21)62-55)70-56-35(14)28(7)48(41(20)63-56)69-54-33(12)26(5)46(39(18)61-54)67-52-31(10)24(3)44(65-50)37(16)59-52;1-3-5-6-4-2;1-2/h22-56H,1-21H3;3-6H2,1-2H3;1-2H3/t22-,23-,24?,25?,26?,27?,28?,29?,30?,31+,32+,33+,34+,35+,36?,37?,38?,39?,40?,41?,42?,43+,44+,45+,46+,47+,48+,49+,50-,51+,52+,53-,54-,55-,56-;;/m1../s1. The van der Waals surface area contributed by atoms with E-state index in [9.17, 15) is 0 Å². The Balaban J connectivity index is 0.00000115. The van der Waals surface area contributed by atoms with Gasteiger partial charge >= 0.3 is 0 Å². The van der Waals surface area contributed by atoms with Crippen molar-refractivity contribution in [3.8, 4) is 0 Å². The molecule has 21 aliphatic heterocycles. The second kappa shape index (κ2) is 29.0. The predicted molar refractivity (Wildman–Crippen MR) is 304 cm³/mol. The van der Waals surface area contributed by atoms with Crippen LogP contribution < -0.4 is 0 Å². The van der Waals surface area contributed by atoms with Crippen molar-refractivity contribution in [3.05, 3.63) is 0 Å². The fourth-order valence-corrected chi connectivity index (χ4v) is 14.0. The molecule has 14 bridgehead atoms. The molecule has 0 N–H and O–H groups in total. The summed E-state index contributed by atoms with van der Waals surface area (Å²) >= 11 is 0. The van der Waals surface area contributed by atoms with Gasteiger partial charge in [-0.3, -0.25) is 0 Å². The molecule has 78 heavy (non-hydrogen) atoms. The molecule has 0 aromatic carbocycles. The van der Waals surface area contributed by atoms with E-state index in [-0.39, 0.29) is 168 Å². The minimum Gasteiger partial charge on any atom is -0.347 e. The van der Waals surface area contributed by atoms with Crippen molar-refractivity contribution < 1.29 is 66.3 Å². The van der Waals surface area contributed by atoms with Gasteiger partial charge in [-0.05, 0) is 89.9 Å². The average Bonchev–Trinajstić information content (AvgIpc) is 3.42. The first-order valence-electron chi connectivity index (χ1n) is 32.0. The van der Waals surface area contributed by atoms with Crippen molar-refractivity contribution in [3.63, 3.8) is 0 Å². The average molecular weight is 1110 g/mol. The highest BCUT2D eigenvalue weighted by Crippen LogP contribution is 2.47. The smallest absolute Gasteiger partial charge is 0.161 e. The highest BCUT2D eigenvalue weighted by atomic mass is 16.8. The van der Waals surface area contributed by atoms with Gasteiger partial charge < -0.3 is 66.3 Å². The molecule has 0 amide bonds. The summed E-state index contributed by atoms with van der Waals surface area (Å²) in [5.41, 5.74) is 0. The van der Waals surface area contributed by atoms with Crippen molar-refractivity contribution in [1.29, 1.82) is 0 Å². The molecule has 0 spiro atoms. The van der Waals surface area contributed by atoms with Crippen molar-refractivity contribution >= 4 is 0 Å². The van der Waals surface area contributed by atoms with E-state index in [1.165, 1.54) is 25.7 Å². The van der Waals surface area contributed by atoms with Crippen LogP contribution in [0.4, 0.5) is 0 Å². The molecule has 21 heterocycles. The Bertz CT molecular complexity index is 1420. The SMILES string of the molecule is CC.CC1O[C@@H]2O[C@@H]3C(C)O[C@H](O[C@@H]4C(C)O[C@H](O[C@@H]5C(C)O[C@@H](O[C@@H]6C(C)O[C@H](O[C@@H]7C(C)O[C@@H](O[C@@H]8C(C)O[C@H](O[C@H]1C(C)[C@@H]2C)[C@@H](C)C8C)[C@@H](C)C7C)C(C)[C@H]6C)C(C)[C@H]5C)[C@@H](C)C4C)[C@@H](C)C3C.CCCCCC. The van der Waals surface area contributed by atoms with Crippen LogP contribution in [0.3, 0.4) is 0 Å². The molecule has 14 nitrogen and oxygen atoms in total. The first-order chi connectivity index (χ1) is 36.8. The minimum atomic E-state index is -0.419. The Hall–Kier alpha value is -0.560. The van der Waals surface area contributed by atoms with Gasteiger partial charge in [0, 0.05) is 41.4 Å². The molecule has 0 saturated carbocycles. The van der Waals surface area contributed by atoms with Crippen LogP contribution in [-0.4, -0.2) is 129 Å². The van der Waals surface area contributed by atoms with Crippen molar-refractivity contribution in [1.82, 2.24) is 0 Å². The predicted octanol–water partition coefficient (Wildman–Crippen LogP) is 13.4. The summed E-state index contributed by atoms with van der Waals surface area (Å²) in [5, 5.41) is 0. The van der Waals surface area contributed by atoms with E-state index < -0.39 is 44.0 Å². The van der Waals surface area contributed by atoms with Gasteiger partial charge in [-0.2, -0.15) is 0 Å². The van der Waals surface area contributed by atoms with E-state index in [1.807, 2.05) is 13.8 Å². The Labute approximate surface area is 475 Å². The summed E-state index contributed by atoms with van der Waals surface area (Å²) in [6.07, 6.45) is -0.247. The lowest BCUT2D eigenvalue weighted by Crippen LogP contribution is -2.59. The monoisotopic (exact) mass is 1110 g/mol. The molecule has 21 aliphatic rings. The van der Waals surface area contributed by atoms with Gasteiger partial charge in [0.1, 0.15) is 0 Å².